The number of fused-ring (bicyclic) bond motifs is 2. The van der Waals surface area contributed by atoms with Gasteiger partial charge in [0.15, 0.2) is 27.2 Å². The van der Waals surface area contributed by atoms with Crippen molar-refractivity contribution in [3.63, 3.8) is 0 Å². The lowest BCUT2D eigenvalue weighted by Gasteiger charge is -2.26. The zero-order chi connectivity index (χ0) is 48.5. The molecule has 65 heavy (non-hydrogen) atoms. The number of aromatic nitrogens is 3. The van der Waals surface area contributed by atoms with Gasteiger partial charge in [-0.15, -0.1) is 0 Å². The molecule has 0 saturated heterocycles. The molecule has 0 fully saturated rings. The van der Waals surface area contributed by atoms with Gasteiger partial charge in [-0.3, -0.25) is 27.8 Å². The molecule has 0 spiro atoms. The first-order valence-corrected chi connectivity index (χ1v) is 25.2. The van der Waals surface area contributed by atoms with E-state index >= 15 is 0 Å². The van der Waals surface area contributed by atoms with Gasteiger partial charge in [0.25, 0.3) is 30.4 Å². The highest BCUT2D eigenvalue weighted by Crippen LogP contribution is 2.44. The van der Waals surface area contributed by atoms with E-state index in [2.05, 4.69) is 35.1 Å². The van der Waals surface area contributed by atoms with Crippen LogP contribution in [0.4, 0.5) is 40.3 Å². The number of carbonyl (C=O) groups is 2. The molecule has 10 N–H and O–H groups in total. The molecule has 0 unspecified atom stereocenters. The minimum atomic E-state index is -5.40. The molecule has 0 aliphatic heterocycles. The topological polar surface area (TPSA) is 416 Å². The van der Waals surface area contributed by atoms with E-state index in [1.165, 1.54) is 45.0 Å². The van der Waals surface area contributed by atoms with Gasteiger partial charge in [0.1, 0.15) is 14.7 Å². The quantitative estimate of drug-likeness (QED) is 0.0430. The molecule has 1 heterocycles. The third kappa shape index (κ3) is 9.72. The molecule has 6 rings (SSSR count). The van der Waals surface area contributed by atoms with Gasteiger partial charge in [0.05, 0.1) is 51.1 Å². The molecule has 0 bridgehead atoms. The summed E-state index contributed by atoms with van der Waals surface area (Å²) in [5.74, 6) is -5.47. The summed E-state index contributed by atoms with van der Waals surface area (Å²) in [6.07, 6.45) is 0. The molecular weight excluding hydrogens is 990 g/mol. The summed E-state index contributed by atoms with van der Waals surface area (Å²) in [5, 5.41) is 17.9. The highest BCUT2D eigenvalue weighted by atomic mass is 35.5. The maximum absolute atomic E-state index is 14.0. The fourth-order valence-electron chi connectivity index (χ4n) is 6.81. The Hall–Kier alpha value is -5.93. The summed E-state index contributed by atoms with van der Waals surface area (Å²) in [4.78, 5) is 35.4. The number of hydrogen-bond donors (Lipinski definition) is 9. The van der Waals surface area contributed by atoms with Gasteiger partial charge >= 0.3 is 10.4 Å². The van der Waals surface area contributed by atoms with E-state index in [4.69, 9.17) is 21.9 Å². The van der Waals surface area contributed by atoms with E-state index in [9.17, 15) is 70.4 Å². The van der Waals surface area contributed by atoms with Crippen LogP contribution in [0.3, 0.4) is 0 Å². The number of nitrogens with zero attached hydrogens (tertiary/aromatic N) is 3. The average Bonchev–Trinajstić information content (AvgIpc) is 3.16. The Bertz CT molecular complexity index is 3520. The third-order valence-electron chi connectivity index (χ3n) is 9.54. The summed E-state index contributed by atoms with van der Waals surface area (Å²) >= 11 is 6.16. The van der Waals surface area contributed by atoms with E-state index in [1.54, 1.807) is 0 Å². The number of phenols is 1. The molecule has 0 radical (unpaired) electrons. The zero-order valence-electron chi connectivity index (χ0n) is 32.8. The Labute approximate surface area is 373 Å². The fourth-order valence-corrected chi connectivity index (χ4v) is 10.8. The maximum Gasteiger partial charge on any atom is 0.397 e. The number of nitrogens with one attached hydrogen (secondary N) is 3. The molecule has 31 heteroatoms. The van der Waals surface area contributed by atoms with Crippen LogP contribution in [0.2, 0.25) is 5.28 Å². The van der Waals surface area contributed by atoms with E-state index in [-0.39, 0.29) is 39.2 Å². The minimum Gasteiger partial charge on any atom is -0.504 e. The maximum atomic E-state index is 14.0. The van der Waals surface area contributed by atoms with E-state index in [1.807, 2.05) is 0 Å². The van der Waals surface area contributed by atoms with Crippen molar-refractivity contribution in [3.8, 4) is 5.75 Å². The normalized spacial score (nSPS) is 13.3. The highest BCUT2D eigenvalue weighted by Gasteiger charge is 2.37. The summed E-state index contributed by atoms with van der Waals surface area (Å²) in [6, 6.07) is 7.18. The second-order valence-electron chi connectivity index (χ2n) is 13.7. The van der Waals surface area contributed by atoms with Crippen LogP contribution in [0.15, 0.2) is 62.0 Å². The van der Waals surface area contributed by atoms with Crippen LogP contribution in [-0.4, -0.2) is 104 Å². The molecule has 1 aliphatic carbocycles. The van der Waals surface area contributed by atoms with Crippen LogP contribution in [0.5, 0.6) is 5.75 Å². The van der Waals surface area contributed by atoms with Gasteiger partial charge < -0.3 is 26.8 Å². The van der Waals surface area contributed by atoms with E-state index < -0.39 is 145 Å². The molecule has 5 aromatic rings. The summed E-state index contributed by atoms with van der Waals surface area (Å²) < 4.78 is 166. The third-order valence-corrected chi connectivity index (χ3v) is 14.7. The number of sulfone groups is 1. The molecular formula is C34H30ClN7O18S5. The second-order valence-corrected chi connectivity index (χ2v) is 21.4. The molecule has 1 aromatic heterocycles. The summed E-state index contributed by atoms with van der Waals surface area (Å²) in [7, 11) is -25.6. The number of aromatic hydroxyl groups is 1. The lowest BCUT2D eigenvalue weighted by molar-refractivity contribution is 0.0980. The van der Waals surface area contributed by atoms with Crippen molar-refractivity contribution in [2.24, 2.45) is 0 Å². The number of nitrogen functional groups attached to an aromatic ring is 1. The van der Waals surface area contributed by atoms with Gasteiger partial charge in [0.2, 0.25) is 17.2 Å². The molecule has 0 saturated carbocycles. The molecule has 346 valence electrons. The summed E-state index contributed by atoms with van der Waals surface area (Å²) in [5.41, 5.74) is 1.79. The Kier molecular flexibility index (Phi) is 12.5. The number of anilines is 7. The SMILES string of the molecule is Cc1c(Nc2nc(Cl)nc(Nc3cc(S(=O)(=O)CCOS(=O)(=O)O)cc(S(=O)(=O)O)c3O)n2)c(C)c(S(=O)(=O)O)c(C)c1Nc1cc(S(=O)(=O)O)c(N)c2c1C(=O)c1ccccc1C2=O. The minimum absolute atomic E-state index is 0.0127. The predicted octanol–water partition coefficient (Wildman–Crippen LogP) is 3.08. The highest BCUT2D eigenvalue weighted by molar-refractivity contribution is 7.91. The predicted molar refractivity (Wildman–Crippen MR) is 227 cm³/mol. The molecule has 1 aliphatic rings. The van der Waals surface area contributed by atoms with Crippen molar-refractivity contribution in [3.05, 3.63) is 86.7 Å². The van der Waals surface area contributed by atoms with Crippen LogP contribution < -0.4 is 21.7 Å². The number of phenolic OH excluding ortho intramolecular Hbond substituents is 1. The average molecular weight is 1020 g/mol. The first-order chi connectivity index (χ1) is 29.8. The van der Waals surface area contributed by atoms with Crippen molar-refractivity contribution >= 4 is 114 Å². The van der Waals surface area contributed by atoms with Crippen molar-refractivity contribution in [1.82, 2.24) is 15.0 Å². The van der Waals surface area contributed by atoms with Gasteiger partial charge in [-0.25, -0.2) is 12.6 Å². The molecule has 0 atom stereocenters. The van der Waals surface area contributed by atoms with E-state index in [0.717, 1.165) is 6.07 Å². The molecule has 0 amide bonds. The Morgan fingerprint density at radius 3 is 1.71 bits per heavy atom. The standard InChI is InChI=1S/C34H30ClN7O18S5/c1-13-26(37-19-12-21(62(48,49)50)25(36)24-23(19)28(43)17-6-4-5-7-18(17)29(24)44)14(2)31(64(54,55)56)15(3)27(13)39-34-41-32(35)40-33(42-34)38-20-10-16(11-22(30(20)45)63(51,52)53)61(46,47)9-8-60-65(57,58)59/h4-7,10-12,37,45H,8-9,36H2,1-3H3,(H,48,49,50)(H,51,52,53)(H,54,55,56)(H,57,58,59)(H2,38,39,40,41,42). The van der Waals surface area contributed by atoms with Gasteiger partial charge in [-0.1, -0.05) is 24.3 Å². The number of benzene rings is 4. The number of nitrogens with two attached hydrogens (primary N) is 1. The van der Waals surface area contributed by atoms with Crippen LogP contribution in [0, 0.1) is 20.8 Å². The van der Waals surface area contributed by atoms with Crippen LogP contribution in [0.25, 0.3) is 0 Å². The van der Waals surface area contributed by atoms with Crippen molar-refractivity contribution in [1.29, 1.82) is 0 Å². The second kappa shape index (κ2) is 16.8. The number of hydrogen-bond acceptors (Lipinski definition) is 21. The number of ketones is 2. The van der Waals surface area contributed by atoms with E-state index in [0.29, 0.717) is 12.1 Å². The zero-order valence-corrected chi connectivity index (χ0v) is 37.7. The summed E-state index contributed by atoms with van der Waals surface area (Å²) in [6.45, 7) is 2.65. The largest absolute Gasteiger partial charge is 0.504 e. The Morgan fingerprint density at radius 1 is 0.662 bits per heavy atom. The number of carbonyl (C=O) groups excluding carboxylic acids is 2. The van der Waals surface area contributed by atoms with Crippen LogP contribution in [-0.2, 0) is 54.8 Å². The Morgan fingerprint density at radius 2 is 1.18 bits per heavy atom. The van der Waals surface area contributed by atoms with Crippen LogP contribution in [0.1, 0.15) is 48.5 Å². The van der Waals surface area contributed by atoms with Gasteiger partial charge in [0, 0.05) is 16.8 Å². The first kappa shape index (κ1) is 48.5. The lowest BCUT2D eigenvalue weighted by Crippen LogP contribution is -2.25. The first-order valence-electron chi connectivity index (χ1n) is 17.5. The van der Waals surface area contributed by atoms with Crippen molar-refractivity contribution in [2.75, 3.05) is 34.0 Å². The van der Waals surface area contributed by atoms with Crippen molar-refractivity contribution in [2.45, 2.75) is 40.4 Å². The van der Waals surface area contributed by atoms with Gasteiger partial charge in [-0.2, -0.15) is 48.6 Å². The number of halogens is 1. The molecule has 4 aromatic carbocycles. The van der Waals surface area contributed by atoms with Crippen LogP contribution >= 0.6 is 11.6 Å². The molecule has 25 nitrogen and oxygen atoms in total. The fraction of sp³-hybridized carbons (Fsp3) is 0.147. The van der Waals surface area contributed by atoms with Gasteiger partial charge in [-0.05, 0) is 67.3 Å². The smallest absolute Gasteiger partial charge is 0.397 e. The Balaban J connectivity index is 1.49. The monoisotopic (exact) mass is 1020 g/mol. The van der Waals surface area contributed by atoms with Crippen molar-refractivity contribution < 1.29 is 79.2 Å². The number of rotatable bonds is 14. The lowest BCUT2D eigenvalue weighted by atomic mass is 9.82.